The van der Waals surface area contributed by atoms with Crippen molar-refractivity contribution in [2.75, 3.05) is 51.9 Å². The quantitative estimate of drug-likeness (QED) is 0.314. The minimum atomic E-state index is -0.206. The predicted octanol–water partition coefficient (Wildman–Crippen LogP) is 3.94. The summed E-state index contributed by atoms with van der Waals surface area (Å²) in [4.78, 5) is 6.82. The minimum Gasteiger partial charge on any atom is -0.495 e. The van der Waals surface area contributed by atoms with Crippen LogP contribution in [0.2, 0.25) is 0 Å². The van der Waals surface area contributed by atoms with Gasteiger partial charge in [0, 0.05) is 51.4 Å². The maximum absolute atomic E-state index is 13.5. The summed E-state index contributed by atoms with van der Waals surface area (Å²) in [5, 5.41) is 7.13. The van der Waals surface area contributed by atoms with Gasteiger partial charge in [0.1, 0.15) is 11.6 Å². The van der Waals surface area contributed by atoms with Gasteiger partial charge in [-0.05, 0) is 49.1 Å². The molecule has 4 rings (SSSR count). The molecular weight excluding hydrogens is 534 g/mol. The van der Waals surface area contributed by atoms with Crippen LogP contribution in [-0.2, 0) is 10.2 Å². The summed E-state index contributed by atoms with van der Waals surface area (Å²) in [5.74, 6) is 1.49. The Balaban J connectivity index is 0.00000306. The molecule has 2 heterocycles. The first kappa shape index (κ1) is 25.6. The number of nitrogens with zero attached hydrogens (tertiary/aromatic N) is 2. The van der Waals surface area contributed by atoms with Crippen molar-refractivity contribution in [1.82, 2.24) is 10.6 Å². The van der Waals surface area contributed by atoms with Gasteiger partial charge in [-0.25, -0.2) is 4.39 Å². The number of ether oxygens (including phenoxy) is 2. The van der Waals surface area contributed by atoms with Crippen LogP contribution in [0, 0.1) is 5.82 Å². The molecule has 33 heavy (non-hydrogen) atoms. The molecular formula is C25H34FIN4O2. The molecule has 0 aliphatic carbocycles. The Bertz CT molecular complexity index is 919. The van der Waals surface area contributed by atoms with Gasteiger partial charge in [0.05, 0.1) is 12.8 Å². The zero-order valence-corrected chi connectivity index (χ0v) is 21.7. The molecule has 180 valence electrons. The Morgan fingerprint density at radius 2 is 1.91 bits per heavy atom. The summed E-state index contributed by atoms with van der Waals surface area (Å²) in [6.07, 6.45) is 2.82. The molecule has 1 unspecified atom stereocenters. The Morgan fingerprint density at radius 3 is 2.61 bits per heavy atom. The monoisotopic (exact) mass is 568 g/mol. The van der Waals surface area contributed by atoms with E-state index in [1.807, 2.05) is 30.3 Å². The molecule has 2 aromatic carbocycles. The fraction of sp³-hybridized carbons (Fsp3) is 0.480. The molecule has 0 radical (unpaired) electrons. The SMILES string of the molecule is CN=C(NCC1(c2ccc(F)cc2)CCOCC1)NC1CCN(c2ccccc2OC)C1.I. The van der Waals surface area contributed by atoms with Gasteiger partial charge < -0.3 is 25.0 Å². The molecule has 0 aromatic heterocycles. The number of nitrogens with one attached hydrogen (secondary N) is 2. The van der Waals surface area contributed by atoms with E-state index < -0.39 is 0 Å². The average Bonchev–Trinajstić information content (AvgIpc) is 3.31. The highest BCUT2D eigenvalue weighted by molar-refractivity contribution is 14.0. The van der Waals surface area contributed by atoms with E-state index in [0.717, 1.165) is 61.9 Å². The minimum absolute atomic E-state index is 0. The average molecular weight is 568 g/mol. The van der Waals surface area contributed by atoms with Crippen LogP contribution in [0.1, 0.15) is 24.8 Å². The lowest BCUT2D eigenvalue weighted by Gasteiger charge is -2.38. The van der Waals surface area contributed by atoms with Crippen molar-refractivity contribution < 1.29 is 13.9 Å². The van der Waals surface area contributed by atoms with Crippen molar-refractivity contribution in [1.29, 1.82) is 0 Å². The van der Waals surface area contributed by atoms with E-state index in [-0.39, 0.29) is 35.2 Å². The maximum Gasteiger partial charge on any atom is 0.191 e. The second-order valence-corrected chi connectivity index (χ2v) is 8.57. The second-order valence-electron chi connectivity index (χ2n) is 8.57. The number of aliphatic imine (C=N–C) groups is 1. The van der Waals surface area contributed by atoms with Gasteiger partial charge in [-0.15, -0.1) is 24.0 Å². The third-order valence-electron chi connectivity index (χ3n) is 6.68. The van der Waals surface area contributed by atoms with Crippen LogP contribution in [0.25, 0.3) is 0 Å². The molecule has 6 nitrogen and oxygen atoms in total. The topological polar surface area (TPSA) is 58.1 Å². The lowest BCUT2D eigenvalue weighted by molar-refractivity contribution is 0.0513. The zero-order valence-electron chi connectivity index (χ0n) is 19.4. The first-order valence-corrected chi connectivity index (χ1v) is 11.3. The van der Waals surface area contributed by atoms with Crippen LogP contribution in [0.3, 0.4) is 0 Å². The summed E-state index contributed by atoms with van der Waals surface area (Å²) in [5.41, 5.74) is 2.18. The third-order valence-corrected chi connectivity index (χ3v) is 6.68. The number of hydrogen-bond donors (Lipinski definition) is 2. The highest BCUT2D eigenvalue weighted by Crippen LogP contribution is 2.34. The molecule has 2 saturated heterocycles. The first-order chi connectivity index (χ1) is 15.6. The number of rotatable bonds is 6. The summed E-state index contributed by atoms with van der Waals surface area (Å²) in [6, 6.07) is 15.3. The number of benzene rings is 2. The number of guanidine groups is 1. The molecule has 0 bridgehead atoms. The third kappa shape index (κ3) is 6.09. The van der Waals surface area contributed by atoms with Crippen molar-refractivity contribution in [3.63, 3.8) is 0 Å². The van der Waals surface area contributed by atoms with Crippen LogP contribution < -0.4 is 20.3 Å². The molecule has 2 fully saturated rings. The van der Waals surface area contributed by atoms with Crippen LogP contribution >= 0.6 is 24.0 Å². The molecule has 2 N–H and O–H groups in total. The Hall–Kier alpha value is -2.07. The molecule has 2 aromatic rings. The van der Waals surface area contributed by atoms with Crippen LogP contribution in [0.15, 0.2) is 53.5 Å². The van der Waals surface area contributed by atoms with Gasteiger partial charge >= 0.3 is 0 Å². The summed E-state index contributed by atoms with van der Waals surface area (Å²) >= 11 is 0. The van der Waals surface area contributed by atoms with Gasteiger partial charge in [-0.2, -0.15) is 0 Å². The number of anilines is 1. The maximum atomic E-state index is 13.5. The number of halogens is 2. The summed E-state index contributed by atoms with van der Waals surface area (Å²) in [7, 11) is 3.51. The highest BCUT2D eigenvalue weighted by atomic mass is 127. The summed E-state index contributed by atoms with van der Waals surface area (Å²) < 4.78 is 24.6. The molecule has 2 aliphatic heterocycles. The molecule has 0 amide bonds. The van der Waals surface area contributed by atoms with Crippen molar-refractivity contribution in [3.8, 4) is 5.75 Å². The first-order valence-electron chi connectivity index (χ1n) is 11.3. The Morgan fingerprint density at radius 1 is 1.18 bits per heavy atom. The van der Waals surface area contributed by atoms with Gasteiger partial charge in [-0.3, -0.25) is 4.99 Å². The lowest BCUT2D eigenvalue weighted by atomic mass is 9.74. The van der Waals surface area contributed by atoms with E-state index in [0.29, 0.717) is 19.3 Å². The zero-order chi connectivity index (χ0) is 22.4. The number of methoxy groups -OCH3 is 1. The van der Waals surface area contributed by atoms with Gasteiger partial charge in [0.25, 0.3) is 0 Å². The van der Waals surface area contributed by atoms with E-state index in [9.17, 15) is 4.39 Å². The van der Waals surface area contributed by atoms with E-state index in [1.54, 1.807) is 26.3 Å². The largest absolute Gasteiger partial charge is 0.495 e. The molecule has 8 heteroatoms. The second kappa shape index (κ2) is 11.9. The Labute approximate surface area is 213 Å². The molecule has 0 spiro atoms. The molecule has 1 atom stereocenters. The smallest absolute Gasteiger partial charge is 0.191 e. The van der Waals surface area contributed by atoms with Crippen LogP contribution in [0.4, 0.5) is 10.1 Å². The van der Waals surface area contributed by atoms with E-state index in [2.05, 4.69) is 26.6 Å². The lowest BCUT2D eigenvalue weighted by Crippen LogP contribution is -2.50. The van der Waals surface area contributed by atoms with Gasteiger partial charge in [0.2, 0.25) is 0 Å². The van der Waals surface area contributed by atoms with Crippen LogP contribution in [-0.4, -0.2) is 59.0 Å². The van der Waals surface area contributed by atoms with E-state index in [1.165, 1.54) is 0 Å². The summed E-state index contributed by atoms with van der Waals surface area (Å²) in [6.45, 7) is 4.00. The van der Waals surface area contributed by atoms with Crippen molar-refractivity contribution in [2.24, 2.45) is 4.99 Å². The predicted molar refractivity (Wildman–Crippen MR) is 142 cm³/mol. The highest BCUT2D eigenvalue weighted by Gasteiger charge is 2.35. The molecule has 0 saturated carbocycles. The number of para-hydroxylation sites is 2. The van der Waals surface area contributed by atoms with Crippen molar-refractivity contribution in [3.05, 3.63) is 59.9 Å². The van der Waals surface area contributed by atoms with E-state index >= 15 is 0 Å². The van der Waals surface area contributed by atoms with Crippen molar-refractivity contribution in [2.45, 2.75) is 30.7 Å². The molecule has 2 aliphatic rings. The fourth-order valence-corrected chi connectivity index (χ4v) is 4.76. The Kier molecular flexibility index (Phi) is 9.19. The van der Waals surface area contributed by atoms with Gasteiger partial charge in [-0.1, -0.05) is 24.3 Å². The fourth-order valence-electron chi connectivity index (χ4n) is 4.76. The number of hydrogen-bond acceptors (Lipinski definition) is 4. The van der Waals surface area contributed by atoms with Crippen molar-refractivity contribution >= 4 is 35.6 Å². The van der Waals surface area contributed by atoms with E-state index in [4.69, 9.17) is 9.47 Å². The standard InChI is InChI=1S/C25H33FN4O2.HI/c1-27-24(29-21-11-14-30(17-21)22-5-3-4-6-23(22)31-2)28-18-25(12-15-32-16-13-25)19-7-9-20(26)10-8-19;/h3-10,21H,11-18H2,1-2H3,(H2,27,28,29);1H. The van der Waals surface area contributed by atoms with Crippen LogP contribution in [0.5, 0.6) is 5.75 Å². The van der Waals surface area contributed by atoms with Gasteiger partial charge in [0.15, 0.2) is 5.96 Å². The normalized spacial score (nSPS) is 20.2.